The van der Waals surface area contributed by atoms with Gasteiger partial charge in [0.15, 0.2) is 0 Å². The molecule has 1 saturated heterocycles. The highest BCUT2D eigenvalue weighted by Gasteiger charge is 2.34. The predicted octanol–water partition coefficient (Wildman–Crippen LogP) is 4.28. The maximum absolute atomic E-state index is 13.1. The number of hydrogen-bond donors (Lipinski definition) is 1. The fraction of sp³-hybridized carbons (Fsp3) is 0.286. The highest BCUT2D eigenvalue weighted by molar-refractivity contribution is 5.97. The van der Waals surface area contributed by atoms with Crippen molar-refractivity contribution >= 4 is 23.2 Å². The van der Waals surface area contributed by atoms with Gasteiger partial charge in [-0.15, -0.1) is 0 Å². The van der Waals surface area contributed by atoms with E-state index in [4.69, 9.17) is 0 Å². The molecule has 2 amide bonds. The summed E-state index contributed by atoms with van der Waals surface area (Å²) >= 11 is 0. The number of amides is 2. The van der Waals surface area contributed by atoms with E-state index in [-0.39, 0.29) is 24.2 Å². The third-order valence-corrected chi connectivity index (χ3v) is 6.72. The lowest BCUT2D eigenvalue weighted by molar-refractivity contribution is -0.128. The van der Waals surface area contributed by atoms with Crippen molar-refractivity contribution in [2.24, 2.45) is 5.92 Å². The van der Waals surface area contributed by atoms with Crippen molar-refractivity contribution < 1.29 is 9.59 Å². The molecule has 1 atom stereocenters. The number of carbonyl (C=O) groups is 2. The second-order valence-electron chi connectivity index (χ2n) is 8.92. The molecule has 2 aliphatic heterocycles. The van der Waals surface area contributed by atoms with Crippen LogP contribution in [0.4, 0.5) is 11.4 Å². The van der Waals surface area contributed by atoms with Crippen LogP contribution in [-0.2, 0) is 29.0 Å². The van der Waals surface area contributed by atoms with Gasteiger partial charge < -0.3 is 15.1 Å². The van der Waals surface area contributed by atoms with Crippen LogP contribution in [0, 0.1) is 5.92 Å². The molecule has 5 rings (SSSR count). The maximum Gasteiger partial charge on any atom is 0.229 e. The van der Waals surface area contributed by atoms with Gasteiger partial charge in [0.2, 0.25) is 11.8 Å². The molecular formula is C28H29N3O2. The van der Waals surface area contributed by atoms with Gasteiger partial charge in [0, 0.05) is 44.0 Å². The van der Waals surface area contributed by atoms with E-state index in [2.05, 4.69) is 52.7 Å². The summed E-state index contributed by atoms with van der Waals surface area (Å²) in [6, 6.07) is 26.6. The van der Waals surface area contributed by atoms with E-state index in [1.807, 2.05) is 41.3 Å². The molecule has 33 heavy (non-hydrogen) atoms. The average molecular weight is 440 g/mol. The molecule has 168 valence electrons. The molecule has 5 nitrogen and oxygen atoms in total. The average Bonchev–Trinajstić information content (AvgIpc) is 3.43. The monoisotopic (exact) mass is 439 g/mol. The van der Waals surface area contributed by atoms with Crippen LogP contribution >= 0.6 is 0 Å². The summed E-state index contributed by atoms with van der Waals surface area (Å²) in [4.78, 5) is 29.8. The van der Waals surface area contributed by atoms with Crippen LogP contribution in [0.5, 0.6) is 0 Å². The number of hydrogen-bond acceptors (Lipinski definition) is 3. The normalized spacial score (nSPS) is 17.3. The molecule has 0 saturated carbocycles. The quantitative estimate of drug-likeness (QED) is 0.598. The Morgan fingerprint density at radius 3 is 2.55 bits per heavy atom. The molecular weight excluding hydrogens is 410 g/mol. The van der Waals surface area contributed by atoms with Crippen molar-refractivity contribution in [1.82, 2.24) is 4.90 Å². The molecule has 2 heterocycles. The molecule has 0 aliphatic carbocycles. The fourth-order valence-electron chi connectivity index (χ4n) is 4.86. The third kappa shape index (κ3) is 4.77. The SMILES string of the molecule is O=C(Nc1ccccc1CN1CCc2ccccc21)C1CC(=O)N(CCc2ccccc2)C1. The third-order valence-electron chi connectivity index (χ3n) is 6.72. The first-order valence-corrected chi connectivity index (χ1v) is 11.7. The van der Waals surface area contributed by atoms with Gasteiger partial charge in [0.25, 0.3) is 0 Å². The maximum atomic E-state index is 13.1. The fourth-order valence-corrected chi connectivity index (χ4v) is 4.86. The molecule has 0 spiro atoms. The van der Waals surface area contributed by atoms with Crippen molar-refractivity contribution in [3.8, 4) is 0 Å². The second-order valence-corrected chi connectivity index (χ2v) is 8.92. The summed E-state index contributed by atoms with van der Waals surface area (Å²) in [5, 5.41) is 3.12. The Balaban J connectivity index is 1.21. The van der Waals surface area contributed by atoms with Crippen molar-refractivity contribution in [2.75, 3.05) is 29.9 Å². The zero-order chi connectivity index (χ0) is 22.6. The molecule has 1 unspecified atom stereocenters. The molecule has 0 bridgehead atoms. The van der Waals surface area contributed by atoms with Crippen molar-refractivity contribution in [3.05, 3.63) is 95.6 Å². The minimum absolute atomic E-state index is 0.0630. The highest BCUT2D eigenvalue weighted by Crippen LogP contribution is 2.30. The van der Waals surface area contributed by atoms with Crippen molar-refractivity contribution in [1.29, 1.82) is 0 Å². The summed E-state index contributed by atoms with van der Waals surface area (Å²) in [6.45, 7) is 2.87. The van der Waals surface area contributed by atoms with Gasteiger partial charge in [-0.25, -0.2) is 0 Å². The Morgan fingerprint density at radius 1 is 0.909 bits per heavy atom. The van der Waals surface area contributed by atoms with E-state index in [0.29, 0.717) is 13.1 Å². The number of rotatable bonds is 7. The van der Waals surface area contributed by atoms with E-state index in [0.717, 1.165) is 37.2 Å². The summed E-state index contributed by atoms with van der Waals surface area (Å²) < 4.78 is 0. The first kappa shape index (κ1) is 21.3. The Hall–Kier alpha value is -3.60. The second kappa shape index (κ2) is 9.49. The van der Waals surface area contributed by atoms with Crippen LogP contribution in [0.25, 0.3) is 0 Å². The smallest absolute Gasteiger partial charge is 0.229 e. The highest BCUT2D eigenvalue weighted by atomic mass is 16.2. The standard InChI is InChI=1S/C28H29N3O2/c32-27-18-24(20-31(27)16-14-21-8-2-1-3-9-21)28(33)29-25-12-6-4-11-23(25)19-30-17-15-22-10-5-7-13-26(22)30/h1-13,24H,14-20H2,(H,29,33). The van der Waals surface area contributed by atoms with Crippen LogP contribution in [0.2, 0.25) is 0 Å². The van der Waals surface area contributed by atoms with Gasteiger partial charge >= 0.3 is 0 Å². The first-order chi connectivity index (χ1) is 16.2. The van der Waals surface area contributed by atoms with Crippen LogP contribution in [0.3, 0.4) is 0 Å². The minimum Gasteiger partial charge on any atom is -0.367 e. The first-order valence-electron chi connectivity index (χ1n) is 11.7. The predicted molar refractivity (Wildman–Crippen MR) is 131 cm³/mol. The molecule has 3 aromatic carbocycles. The lowest BCUT2D eigenvalue weighted by Gasteiger charge is -2.22. The van der Waals surface area contributed by atoms with Crippen LogP contribution in [0.1, 0.15) is 23.1 Å². The Bertz CT molecular complexity index is 1140. The van der Waals surface area contributed by atoms with Gasteiger partial charge in [-0.05, 0) is 41.7 Å². The van der Waals surface area contributed by atoms with Crippen LogP contribution in [-0.4, -0.2) is 36.3 Å². The molecule has 2 aliphatic rings. The zero-order valence-corrected chi connectivity index (χ0v) is 18.7. The van der Waals surface area contributed by atoms with Gasteiger partial charge in [0.1, 0.15) is 0 Å². The van der Waals surface area contributed by atoms with E-state index in [9.17, 15) is 9.59 Å². The number of anilines is 2. The summed E-state index contributed by atoms with van der Waals surface area (Å²) in [6.07, 6.45) is 2.14. The Morgan fingerprint density at radius 2 is 1.67 bits per heavy atom. The van der Waals surface area contributed by atoms with Gasteiger partial charge in [-0.3, -0.25) is 9.59 Å². The molecule has 0 radical (unpaired) electrons. The Labute approximate surface area is 195 Å². The van der Waals surface area contributed by atoms with E-state index >= 15 is 0 Å². The number of likely N-dealkylation sites (tertiary alicyclic amines) is 1. The number of benzene rings is 3. The minimum atomic E-state index is -0.311. The molecule has 1 fully saturated rings. The largest absolute Gasteiger partial charge is 0.367 e. The number of para-hydroxylation sites is 2. The molecule has 1 N–H and O–H groups in total. The van der Waals surface area contributed by atoms with Crippen LogP contribution in [0.15, 0.2) is 78.9 Å². The van der Waals surface area contributed by atoms with E-state index in [1.54, 1.807) is 0 Å². The zero-order valence-electron chi connectivity index (χ0n) is 18.7. The number of fused-ring (bicyclic) bond motifs is 1. The van der Waals surface area contributed by atoms with Gasteiger partial charge in [0.05, 0.1) is 5.92 Å². The van der Waals surface area contributed by atoms with Gasteiger partial charge in [-0.2, -0.15) is 0 Å². The summed E-state index contributed by atoms with van der Waals surface area (Å²) in [5.74, 6) is -0.318. The molecule has 0 aromatic heterocycles. The van der Waals surface area contributed by atoms with Gasteiger partial charge in [-0.1, -0.05) is 66.7 Å². The lowest BCUT2D eigenvalue weighted by atomic mass is 10.1. The molecule has 3 aromatic rings. The Kier molecular flexibility index (Phi) is 6.11. The summed E-state index contributed by atoms with van der Waals surface area (Å²) in [5.41, 5.74) is 5.78. The number of carbonyl (C=O) groups excluding carboxylic acids is 2. The van der Waals surface area contributed by atoms with Crippen LogP contribution < -0.4 is 10.2 Å². The molecule has 5 heteroatoms. The van der Waals surface area contributed by atoms with E-state index in [1.165, 1.54) is 16.8 Å². The number of nitrogens with zero attached hydrogens (tertiary/aromatic N) is 2. The van der Waals surface area contributed by atoms with E-state index < -0.39 is 0 Å². The lowest BCUT2D eigenvalue weighted by Crippen LogP contribution is -2.30. The van der Waals surface area contributed by atoms with Crippen molar-refractivity contribution in [3.63, 3.8) is 0 Å². The topological polar surface area (TPSA) is 52.7 Å². The summed E-state index contributed by atoms with van der Waals surface area (Å²) in [7, 11) is 0. The number of nitrogens with one attached hydrogen (secondary N) is 1. The van der Waals surface area contributed by atoms with Crippen molar-refractivity contribution in [2.45, 2.75) is 25.8 Å².